The number of thioether (sulfide) groups is 1. The maximum atomic E-state index is 13.3. The van der Waals surface area contributed by atoms with Gasteiger partial charge in [-0.3, -0.25) is 9.69 Å². The third kappa shape index (κ3) is 6.89. The van der Waals surface area contributed by atoms with Crippen LogP contribution in [0, 0.1) is 12.8 Å². The van der Waals surface area contributed by atoms with Crippen molar-refractivity contribution in [3.63, 3.8) is 0 Å². The monoisotopic (exact) mass is 554 g/mol. The Morgan fingerprint density at radius 3 is 2.43 bits per heavy atom. The molecule has 0 spiro atoms. The number of hydrogen-bond acceptors (Lipinski definition) is 5. The van der Waals surface area contributed by atoms with Gasteiger partial charge in [-0.25, -0.2) is 4.99 Å². The zero-order valence-electron chi connectivity index (χ0n) is 21.1. The van der Waals surface area contributed by atoms with E-state index in [0.717, 1.165) is 22.4 Å². The first-order valence-corrected chi connectivity index (χ1v) is 13.4. The fourth-order valence-corrected chi connectivity index (χ4v) is 5.01. The Bertz CT molecular complexity index is 1350. The molecule has 192 valence electrons. The zero-order chi connectivity index (χ0) is 26.5. The number of hydrogen-bond donors (Lipinski definition) is 0. The predicted octanol–water partition coefficient (Wildman–Crippen LogP) is 8.15. The number of carbonyl (C=O) groups excluding carboxylic acids is 1. The second-order valence-corrected chi connectivity index (χ2v) is 10.9. The first-order chi connectivity index (χ1) is 17.7. The minimum Gasteiger partial charge on any atom is -0.493 e. The molecule has 0 atom stereocenters. The van der Waals surface area contributed by atoms with Crippen LogP contribution in [0.4, 0.5) is 5.69 Å². The van der Waals surface area contributed by atoms with Gasteiger partial charge >= 0.3 is 0 Å². The molecule has 0 saturated carbocycles. The van der Waals surface area contributed by atoms with Gasteiger partial charge in [0.25, 0.3) is 5.91 Å². The van der Waals surface area contributed by atoms with Crippen LogP contribution in [0.15, 0.2) is 70.6 Å². The number of halogens is 2. The Hall–Kier alpha value is -2.93. The molecule has 1 heterocycles. The van der Waals surface area contributed by atoms with E-state index in [1.165, 1.54) is 11.8 Å². The van der Waals surface area contributed by atoms with E-state index in [2.05, 4.69) is 13.8 Å². The molecular weight excluding hydrogens is 527 g/mol. The summed E-state index contributed by atoms with van der Waals surface area (Å²) in [7, 11) is 1.59. The van der Waals surface area contributed by atoms with E-state index in [1.807, 2.05) is 61.5 Å². The van der Waals surface area contributed by atoms with Crippen molar-refractivity contribution in [3.05, 3.63) is 92.3 Å². The lowest BCUT2D eigenvalue weighted by Crippen LogP contribution is -2.32. The lowest BCUT2D eigenvalue weighted by Gasteiger charge is -2.17. The van der Waals surface area contributed by atoms with Crippen molar-refractivity contribution < 1.29 is 14.3 Å². The third-order valence-electron chi connectivity index (χ3n) is 5.56. The van der Waals surface area contributed by atoms with Crippen molar-refractivity contribution in [1.29, 1.82) is 0 Å². The molecule has 1 aliphatic heterocycles. The molecule has 0 N–H and O–H groups in total. The topological polar surface area (TPSA) is 51.1 Å². The Kier molecular flexibility index (Phi) is 8.85. The van der Waals surface area contributed by atoms with E-state index in [-0.39, 0.29) is 5.91 Å². The lowest BCUT2D eigenvalue weighted by molar-refractivity contribution is -0.122. The van der Waals surface area contributed by atoms with Crippen LogP contribution in [0.25, 0.3) is 6.08 Å². The largest absolute Gasteiger partial charge is 0.493 e. The smallest absolute Gasteiger partial charge is 0.266 e. The SMILES string of the molecule is COc1cc(/C=C2/SC(=Nc3ccc(C)cc3)N(CC(C)C)C2=O)ccc1OCc1ccc(Cl)c(Cl)c1. The van der Waals surface area contributed by atoms with Gasteiger partial charge in [0, 0.05) is 6.54 Å². The van der Waals surface area contributed by atoms with Gasteiger partial charge in [-0.15, -0.1) is 0 Å². The number of amidine groups is 1. The van der Waals surface area contributed by atoms with Crippen molar-refractivity contribution >= 4 is 57.8 Å². The average molecular weight is 556 g/mol. The number of rotatable bonds is 8. The second-order valence-electron chi connectivity index (χ2n) is 9.10. The third-order valence-corrected chi connectivity index (χ3v) is 7.30. The number of carbonyl (C=O) groups is 1. The molecule has 1 amide bonds. The maximum absolute atomic E-state index is 13.3. The quantitative estimate of drug-likeness (QED) is 0.263. The van der Waals surface area contributed by atoms with E-state index in [9.17, 15) is 4.79 Å². The number of ether oxygens (including phenoxy) is 2. The highest BCUT2D eigenvalue weighted by Gasteiger charge is 2.33. The van der Waals surface area contributed by atoms with Gasteiger partial charge in [0.2, 0.25) is 0 Å². The van der Waals surface area contributed by atoms with E-state index < -0.39 is 0 Å². The number of aliphatic imine (C=N–C) groups is 1. The fraction of sp³-hybridized carbons (Fsp3) is 0.241. The summed E-state index contributed by atoms with van der Waals surface area (Å²) in [5.41, 5.74) is 3.70. The molecule has 3 aromatic rings. The standard InChI is InChI=1S/C29H28Cl2N2O3S/c1-18(2)16-33-28(34)27(37-29(33)32-22-9-5-19(3)6-10-22)15-20-8-12-25(26(14-20)35-4)36-17-21-7-11-23(30)24(31)13-21/h5-15,18H,16-17H2,1-4H3/b27-15+,32-29?. The first-order valence-electron chi connectivity index (χ1n) is 11.8. The van der Waals surface area contributed by atoms with Crippen LogP contribution in [0.5, 0.6) is 11.5 Å². The Morgan fingerprint density at radius 1 is 1.00 bits per heavy atom. The van der Waals surface area contributed by atoms with Gasteiger partial charge in [-0.2, -0.15) is 0 Å². The maximum Gasteiger partial charge on any atom is 0.266 e. The number of amides is 1. The summed E-state index contributed by atoms with van der Waals surface area (Å²) in [6.45, 7) is 7.12. The Labute approximate surface area is 232 Å². The van der Waals surface area contributed by atoms with Gasteiger partial charge in [-0.1, -0.05) is 66.9 Å². The van der Waals surface area contributed by atoms with Crippen molar-refractivity contribution in [2.75, 3.05) is 13.7 Å². The molecule has 37 heavy (non-hydrogen) atoms. The molecule has 1 aliphatic rings. The number of methoxy groups -OCH3 is 1. The molecule has 4 rings (SSSR count). The van der Waals surface area contributed by atoms with Crippen molar-refractivity contribution in [2.45, 2.75) is 27.4 Å². The molecule has 0 bridgehead atoms. The van der Waals surface area contributed by atoms with Crippen molar-refractivity contribution in [3.8, 4) is 11.5 Å². The summed E-state index contributed by atoms with van der Waals surface area (Å²) >= 11 is 13.5. The normalized spacial score (nSPS) is 15.8. The van der Waals surface area contributed by atoms with E-state index in [4.69, 9.17) is 37.7 Å². The molecule has 1 fully saturated rings. The lowest BCUT2D eigenvalue weighted by atomic mass is 10.1. The zero-order valence-corrected chi connectivity index (χ0v) is 23.5. The molecular formula is C29H28Cl2N2O3S. The average Bonchev–Trinajstić information content (AvgIpc) is 3.14. The molecule has 1 saturated heterocycles. The molecule has 0 aromatic heterocycles. The molecule has 0 aliphatic carbocycles. The van der Waals surface area contributed by atoms with Crippen LogP contribution in [-0.2, 0) is 11.4 Å². The number of nitrogens with zero attached hydrogens (tertiary/aromatic N) is 2. The highest BCUT2D eigenvalue weighted by molar-refractivity contribution is 8.18. The van der Waals surface area contributed by atoms with Gasteiger partial charge in [0.15, 0.2) is 16.7 Å². The van der Waals surface area contributed by atoms with E-state index in [0.29, 0.717) is 50.7 Å². The fourth-order valence-electron chi connectivity index (χ4n) is 3.68. The van der Waals surface area contributed by atoms with Gasteiger partial charge in [-0.05, 0) is 78.2 Å². The van der Waals surface area contributed by atoms with Crippen LogP contribution < -0.4 is 9.47 Å². The predicted molar refractivity (Wildman–Crippen MR) is 154 cm³/mol. The number of aryl methyl sites for hydroxylation is 1. The summed E-state index contributed by atoms with van der Waals surface area (Å²) in [6, 6.07) is 18.9. The van der Waals surface area contributed by atoms with Crippen LogP contribution in [-0.4, -0.2) is 29.6 Å². The molecule has 5 nitrogen and oxygen atoms in total. The van der Waals surface area contributed by atoms with E-state index >= 15 is 0 Å². The van der Waals surface area contributed by atoms with E-state index in [1.54, 1.807) is 24.1 Å². The molecule has 0 radical (unpaired) electrons. The van der Waals surface area contributed by atoms with Crippen LogP contribution in [0.2, 0.25) is 10.0 Å². The summed E-state index contributed by atoms with van der Waals surface area (Å²) in [6.07, 6.45) is 1.86. The van der Waals surface area contributed by atoms with Gasteiger partial charge < -0.3 is 9.47 Å². The van der Waals surface area contributed by atoms with Crippen LogP contribution in [0.1, 0.15) is 30.5 Å². The minimum absolute atomic E-state index is 0.0523. The first kappa shape index (κ1) is 27.1. The summed E-state index contributed by atoms with van der Waals surface area (Å²) in [5.74, 6) is 1.41. The molecule has 0 unspecified atom stereocenters. The summed E-state index contributed by atoms with van der Waals surface area (Å²) in [5, 5.41) is 1.66. The Balaban J connectivity index is 1.56. The van der Waals surface area contributed by atoms with Crippen LogP contribution in [0.3, 0.4) is 0 Å². The van der Waals surface area contributed by atoms with Crippen LogP contribution >= 0.6 is 35.0 Å². The molecule has 8 heteroatoms. The highest BCUT2D eigenvalue weighted by atomic mass is 35.5. The van der Waals surface area contributed by atoms with Crippen molar-refractivity contribution in [2.24, 2.45) is 10.9 Å². The van der Waals surface area contributed by atoms with Gasteiger partial charge in [0.05, 0.1) is 27.7 Å². The second kappa shape index (κ2) is 12.1. The summed E-state index contributed by atoms with van der Waals surface area (Å²) in [4.78, 5) is 20.4. The van der Waals surface area contributed by atoms with Crippen molar-refractivity contribution in [1.82, 2.24) is 4.90 Å². The molecule has 3 aromatic carbocycles. The highest BCUT2D eigenvalue weighted by Crippen LogP contribution is 2.36. The Morgan fingerprint density at radius 2 is 1.76 bits per heavy atom. The summed E-state index contributed by atoms with van der Waals surface area (Å²) < 4.78 is 11.5. The minimum atomic E-state index is -0.0523. The van der Waals surface area contributed by atoms with Gasteiger partial charge in [0.1, 0.15) is 6.61 Å². The number of benzene rings is 3.